The number of hydrogen-bond donors (Lipinski definition) is 2. The number of amides is 1. The molecule has 0 saturated carbocycles. The molecule has 0 saturated heterocycles. The highest BCUT2D eigenvalue weighted by Crippen LogP contribution is 2.01. The summed E-state index contributed by atoms with van der Waals surface area (Å²) >= 11 is 4.01. The lowest BCUT2D eigenvalue weighted by Gasteiger charge is -2.18. The van der Waals surface area contributed by atoms with Gasteiger partial charge in [0.1, 0.15) is 6.04 Å². The van der Waals surface area contributed by atoms with Crippen LogP contribution in [0, 0.1) is 0 Å². The van der Waals surface area contributed by atoms with Gasteiger partial charge in [-0.1, -0.05) is 0 Å². The Labute approximate surface area is 76.8 Å². The van der Waals surface area contributed by atoms with Crippen molar-refractivity contribution in [3.8, 4) is 0 Å². The molecule has 0 aromatic heterocycles. The molecule has 1 atom stereocenters. The Balaban J connectivity index is 2.60. The number of nitrogens with zero attached hydrogens (tertiary/aromatic N) is 1. The van der Waals surface area contributed by atoms with Gasteiger partial charge >= 0.3 is 0 Å². The predicted molar refractivity (Wildman–Crippen MR) is 49.7 cm³/mol. The topological polar surface area (TPSA) is 50.7 Å². The number of ether oxygens (including phenoxy) is 1. The van der Waals surface area contributed by atoms with E-state index in [9.17, 15) is 4.79 Å². The van der Waals surface area contributed by atoms with Crippen LogP contribution in [-0.2, 0) is 9.53 Å². The first-order valence-corrected chi connectivity index (χ1v) is 4.49. The standard InChI is InChI=1S/C7H12N2O2S/c1-2-11-6-3-8-7(10)5(4-12)9-6/h5,12H,2-4H2,1H3,(H,8,10)/t5-/m0/s1. The van der Waals surface area contributed by atoms with E-state index >= 15 is 0 Å². The SMILES string of the molecule is CCOC1=N[C@@H](CS)C(=O)NC1. The van der Waals surface area contributed by atoms with Crippen LogP contribution in [0.3, 0.4) is 0 Å². The van der Waals surface area contributed by atoms with E-state index < -0.39 is 0 Å². The molecule has 0 radical (unpaired) electrons. The van der Waals surface area contributed by atoms with E-state index in [1.807, 2.05) is 6.92 Å². The second-order valence-electron chi connectivity index (χ2n) is 2.37. The molecule has 12 heavy (non-hydrogen) atoms. The number of hydrogen-bond acceptors (Lipinski definition) is 4. The van der Waals surface area contributed by atoms with Crippen molar-refractivity contribution in [2.75, 3.05) is 18.9 Å². The van der Waals surface area contributed by atoms with Crippen molar-refractivity contribution in [2.45, 2.75) is 13.0 Å². The third-order valence-electron chi connectivity index (χ3n) is 1.50. The third kappa shape index (κ3) is 2.14. The quantitative estimate of drug-likeness (QED) is 0.592. The minimum Gasteiger partial charge on any atom is -0.480 e. The summed E-state index contributed by atoms with van der Waals surface area (Å²) in [6.07, 6.45) is 0. The fourth-order valence-electron chi connectivity index (χ4n) is 0.937. The van der Waals surface area contributed by atoms with Crippen LogP contribution in [0.2, 0.25) is 0 Å². The lowest BCUT2D eigenvalue weighted by molar-refractivity contribution is -0.122. The number of rotatable bonds is 2. The van der Waals surface area contributed by atoms with E-state index in [4.69, 9.17) is 4.74 Å². The van der Waals surface area contributed by atoms with E-state index in [2.05, 4.69) is 22.9 Å². The molecule has 68 valence electrons. The summed E-state index contributed by atoms with van der Waals surface area (Å²) in [7, 11) is 0. The molecular formula is C7H12N2O2S. The zero-order chi connectivity index (χ0) is 8.97. The second kappa shape index (κ2) is 4.35. The monoisotopic (exact) mass is 188 g/mol. The lowest BCUT2D eigenvalue weighted by atomic mass is 10.3. The number of aliphatic imine (C=N–C) groups is 1. The molecule has 0 aromatic rings. The average molecular weight is 188 g/mol. The largest absolute Gasteiger partial charge is 0.480 e. The Morgan fingerprint density at radius 2 is 2.58 bits per heavy atom. The van der Waals surface area contributed by atoms with Crippen molar-refractivity contribution < 1.29 is 9.53 Å². The lowest BCUT2D eigenvalue weighted by Crippen LogP contribution is -2.44. The Kier molecular flexibility index (Phi) is 3.40. The number of carbonyl (C=O) groups excluding carboxylic acids is 1. The summed E-state index contributed by atoms with van der Waals surface area (Å²) in [6.45, 7) is 2.86. The van der Waals surface area contributed by atoms with Gasteiger partial charge in [-0.25, -0.2) is 4.99 Å². The minimum absolute atomic E-state index is 0.0755. The van der Waals surface area contributed by atoms with E-state index in [-0.39, 0.29) is 11.9 Å². The third-order valence-corrected chi connectivity index (χ3v) is 1.85. The molecule has 0 spiro atoms. The molecule has 4 nitrogen and oxygen atoms in total. The molecule has 0 bridgehead atoms. The molecule has 1 aliphatic heterocycles. The number of thiol groups is 1. The fourth-order valence-corrected chi connectivity index (χ4v) is 1.18. The van der Waals surface area contributed by atoms with Crippen LogP contribution in [-0.4, -0.2) is 36.8 Å². The predicted octanol–water partition coefficient (Wildman–Crippen LogP) is -0.150. The zero-order valence-electron chi connectivity index (χ0n) is 6.91. The Hall–Kier alpha value is -0.710. The Morgan fingerprint density at radius 3 is 3.17 bits per heavy atom. The molecule has 0 unspecified atom stereocenters. The summed E-state index contributed by atoms with van der Waals surface area (Å²) in [5.41, 5.74) is 0. The highest BCUT2D eigenvalue weighted by atomic mass is 32.1. The molecule has 1 aliphatic rings. The van der Waals surface area contributed by atoms with Crippen molar-refractivity contribution in [2.24, 2.45) is 4.99 Å². The maximum Gasteiger partial charge on any atom is 0.246 e. The Bertz CT molecular complexity index is 206. The first kappa shape index (κ1) is 9.38. The molecule has 0 aromatic carbocycles. The summed E-state index contributed by atoms with van der Waals surface area (Å²) in [5.74, 6) is 0.937. The first-order valence-electron chi connectivity index (χ1n) is 3.86. The van der Waals surface area contributed by atoms with Gasteiger partial charge in [-0.15, -0.1) is 0 Å². The highest BCUT2D eigenvalue weighted by Gasteiger charge is 2.21. The van der Waals surface area contributed by atoms with Gasteiger partial charge in [0.2, 0.25) is 11.8 Å². The van der Waals surface area contributed by atoms with Crippen LogP contribution < -0.4 is 5.32 Å². The van der Waals surface area contributed by atoms with Gasteiger partial charge < -0.3 is 10.1 Å². The maximum absolute atomic E-state index is 11.1. The zero-order valence-corrected chi connectivity index (χ0v) is 7.80. The van der Waals surface area contributed by atoms with Crippen LogP contribution in [0.15, 0.2) is 4.99 Å². The van der Waals surface area contributed by atoms with Crippen molar-refractivity contribution in [3.63, 3.8) is 0 Å². The van der Waals surface area contributed by atoms with Crippen molar-refractivity contribution in [1.29, 1.82) is 0 Å². The number of nitrogens with one attached hydrogen (secondary N) is 1. The highest BCUT2D eigenvalue weighted by molar-refractivity contribution is 7.80. The normalized spacial score (nSPS) is 23.0. The van der Waals surface area contributed by atoms with Crippen LogP contribution in [0.1, 0.15) is 6.92 Å². The first-order chi connectivity index (χ1) is 5.77. The van der Waals surface area contributed by atoms with Crippen LogP contribution in [0.4, 0.5) is 0 Å². The summed E-state index contributed by atoms with van der Waals surface area (Å²) in [6, 6.07) is -0.386. The molecular weight excluding hydrogens is 176 g/mol. The van der Waals surface area contributed by atoms with Gasteiger partial charge in [0, 0.05) is 5.75 Å². The molecule has 0 fully saturated rings. The van der Waals surface area contributed by atoms with E-state index in [1.54, 1.807) is 0 Å². The van der Waals surface area contributed by atoms with Gasteiger partial charge in [-0.3, -0.25) is 4.79 Å². The molecule has 0 aliphatic carbocycles. The van der Waals surface area contributed by atoms with Crippen LogP contribution in [0.5, 0.6) is 0 Å². The maximum atomic E-state index is 11.1. The van der Waals surface area contributed by atoms with Gasteiger partial charge in [-0.2, -0.15) is 12.6 Å². The number of carbonyl (C=O) groups is 1. The van der Waals surface area contributed by atoms with Gasteiger partial charge in [-0.05, 0) is 6.92 Å². The van der Waals surface area contributed by atoms with E-state index in [1.165, 1.54) is 0 Å². The van der Waals surface area contributed by atoms with Gasteiger partial charge in [0.05, 0.1) is 13.2 Å². The second-order valence-corrected chi connectivity index (χ2v) is 2.74. The van der Waals surface area contributed by atoms with Crippen molar-refractivity contribution in [3.05, 3.63) is 0 Å². The molecule has 1 N–H and O–H groups in total. The smallest absolute Gasteiger partial charge is 0.246 e. The summed E-state index contributed by atoms with van der Waals surface area (Å²) in [5, 5.41) is 2.67. The molecule has 1 amide bonds. The van der Waals surface area contributed by atoms with E-state index in [0.717, 1.165) is 0 Å². The van der Waals surface area contributed by atoms with Gasteiger partial charge in [0.25, 0.3) is 0 Å². The van der Waals surface area contributed by atoms with E-state index in [0.29, 0.717) is 24.8 Å². The Morgan fingerprint density at radius 1 is 1.83 bits per heavy atom. The summed E-state index contributed by atoms with van der Waals surface area (Å²) in [4.78, 5) is 15.1. The molecule has 5 heteroatoms. The average Bonchev–Trinajstić information content (AvgIpc) is 2.09. The fraction of sp³-hybridized carbons (Fsp3) is 0.714. The van der Waals surface area contributed by atoms with Gasteiger partial charge in [0.15, 0.2) is 0 Å². The summed E-state index contributed by atoms with van der Waals surface area (Å²) < 4.78 is 5.16. The minimum atomic E-state index is -0.386. The van der Waals surface area contributed by atoms with Crippen LogP contribution in [0.25, 0.3) is 0 Å². The molecule has 1 rings (SSSR count). The van der Waals surface area contributed by atoms with Crippen LogP contribution >= 0.6 is 12.6 Å². The molecule has 1 heterocycles. The van der Waals surface area contributed by atoms with Crippen molar-refractivity contribution >= 4 is 24.4 Å². The van der Waals surface area contributed by atoms with Crippen molar-refractivity contribution in [1.82, 2.24) is 5.32 Å².